The van der Waals surface area contributed by atoms with Gasteiger partial charge in [-0.15, -0.1) is 0 Å². The van der Waals surface area contributed by atoms with Gasteiger partial charge < -0.3 is 0 Å². The molecule has 0 saturated heterocycles. The number of thiazole rings is 1. The van der Waals surface area contributed by atoms with Crippen LogP contribution in [0.3, 0.4) is 0 Å². The summed E-state index contributed by atoms with van der Waals surface area (Å²) < 4.78 is 1.04. The molecular weight excluding hydrogens is 234 g/mol. The average Bonchev–Trinajstić information content (AvgIpc) is 2.75. The fraction of sp³-hybridized carbons (Fsp3) is 0.0909. The molecule has 5 nitrogen and oxygen atoms in total. The average molecular weight is 241 g/mol. The van der Waals surface area contributed by atoms with E-state index in [1.165, 1.54) is 11.3 Å². The third-order valence-corrected chi connectivity index (χ3v) is 3.02. The highest BCUT2D eigenvalue weighted by Crippen LogP contribution is 2.27. The topological polar surface area (TPSA) is 84.9 Å². The number of fused-ring (bicyclic) bond motifs is 1. The van der Waals surface area contributed by atoms with Crippen molar-refractivity contribution in [3.05, 3.63) is 23.8 Å². The lowest BCUT2D eigenvalue weighted by Gasteiger charge is -1.91. The molecule has 0 saturated carbocycles. The molecule has 0 aliphatic heterocycles. The van der Waals surface area contributed by atoms with E-state index in [9.17, 15) is 0 Å². The second-order valence-corrected chi connectivity index (χ2v) is 4.27. The first kappa shape index (κ1) is 11.1. The van der Waals surface area contributed by atoms with Crippen LogP contribution in [0.5, 0.6) is 0 Å². The zero-order valence-corrected chi connectivity index (χ0v) is 9.75. The molecule has 6 heteroatoms. The largest absolute Gasteiger partial charge is 0.251 e. The Morgan fingerprint density at radius 2 is 2.18 bits per heavy atom. The molecule has 0 bridgehead atoms. The van der Waals surface area contributed by atoms with Crippen LogP contribution in [0, 0.1) is 29.6 Å². The summed E-state index contributed by atoms with van der Waals surface area (Å²) >= 11 is 1.43. The molecule has 1 aromatic heterocycles. The summed E-state index contributed by atoms with van der Waals surface area (Å²) in [5.41, 5.74) is 4.38. The zero-order valence-electron chi connectivity index (χ0n) is 8.93. The van der Waals surface area contributed by atoms with E-state index in [0.717, 1.165) is 15.8 Å². The van der Waals surface area contributed by atoms with Gasteiger partial charge in [-0.2, -0.15) is 15.6 Å². The maximum Gasteiger partial charge on any atom is 0.237 e. The van der Waals surface area contributed by atoms with Crippen molar-refractivity contribution in [3.63, 3.8) is 0 Å². The van der Waals surface area contributed by atoms with Crippen molar-refractivity contribution in [2.45, 2.75) is 6.92 Å². The molecule has 0 fully saturated rings. The minimum absolute atomic E-state index is 0.221. The standard InChI is InChI=1S/C11H7N5S/c1-7-3-2-4-9-10(7)14-11(17-9)16-15-8(5-12)6-13/h2-4H,1H3,(H,14,16). The van der Waals surface area contributed by atoms with Crippen molar-refractivity contribution in [2.24, 2.45) is 5.10 Å². The number of benzene rings is 1. The molecule has 82 valence electrons. The van der Waals surface area contributed by atoms with E-state index < -0.39 is 0 Å². The fourth-order valence-electron chi connectivity index (χ4n) is 1.31. The summed E-state index contributed by atoms with van der Waals surface area (Å²) in [5.74, 6) is 0. The molecule has 1 N–H and O–H groups in total. The van der Waals surface area contributed by atoms with E-state index in [-0.39, 0.29) is 5.71 Å². The summed E-state index contributed by atoms with van der Waals surface area (Å²) in [7, 11) is 0. The van der Waals surface area contributed by atoms with Crippen molar-refractivity contribution >= 4 is 32.4 Å². The minimum atomic E-state index is -0.221. The summed E-state index contributed by atoms with van der Waals surface area (Å²) in [4.78, 5) is 4.33. The lowest BCUT2D eigenvalue weighted by molar-refractivity contribution is 1.29. The Bertz CT molecular complexity index is 655. The van der Waals surface area contributed by atoms with E-state index in [1.807, 2.05) is 25.1 Å². The Morgan fingerprint density at radius 3 is 2.82 bits per heavy atom. The quantitative estimate of drug-likeness (QED) is 0.646. The minimum Gasteiger partial charge on any atom is -0.251 e. The van der Waals surface area contributed by atoms with Crippen molar-refractivity contribution in [3.8, 4) is 12.1 Å². The highest BCUT2D eigenvalue weighted by molar-refractivity contribution is 7.22. The molecule has 2 aromatic rings. The number of nitriles is 2. The van der Waals surface area contributed by atoms with Crippen molar-refractivity contribution in [1.82, 2.24) is 4.98 Å². The number of hydrogen-bond acceptors (Lipinski definition) is 6. The number of hydrogen-bond donors (Lipinski definition) is 1. The first-order valence-electron chi connectivity index (χ1n) is 4.74. The lowest BCUT2D eigenvalue weighted by Crippen LogP contribution is -1.95. The summed E-state index contributed by atoms with van der Waals surface area (Å²) in [5, 5.41) is 21.3. The smallest absolute Gasteiger partial charge is 0.237 e. The summed E-state index contributed by atoms with van der Waals surface area (Å²) in [6, 6.07) is 9.24. The number of rotatable bonds is 2. The van der Waals surface area contributed by atoms with E-state index in [4.69, 9.17) is 10.5 Å². The maximum atomic E-state index is 8.53. The molecule has 1 heterocycles. The Labute approximate surface area is 102 Å². The number of hydrazone groups is 1. The van der Waals surface area contributed by atoms with Crippen LogP contribution in [0.15, 0.2) is 23.3 Å². The zero-order chi connectivity index (χ0) is 12.3. The van der Waals surface area contributed by atoms with Crippen molar-refractivity contribution in [2.75, 3.05) is 5.43 Å². The molecular formula is C11H7N5S. The number of nitrogens with one attached hydrogen (secondary N) is 1. The maximum absolute atomic E-state index is 8.53. The van der Waals surface area contributed by atoms with Crippen molar-refractivity contribution in [1.29, 1.82) is 10.5 Å². The predicted octanol–water partition coefficient (Wildman–Crippen LogP) is 2.42. The van der Waals surface area contributed by atoms with E-state index in [1.54, 1.807) is 12.1 Å². The first-order valence-corrected chi connectivity index (χ1v) is 5.56. The van der Waals surface area contributed by atoms with Gasteiger partial charge in [-0.25, -0.2) is 4.98 Å². The van der Waals surface area contributed by atoms with Crippen LogP contribution < -0.4 is 5.43 Å². The normalized spacial score (nSPS) is 9.35. The Hall–Kier alpha value is -2.44. The molecule has 0 atom stereocenters. The van der Waals surface area contributed by atoms with Crippen LogP contribution in [0.25, 0.3) is 10.2 Å². The number of aromatic nitrogens is 1. The van der Waals surface area contributed by atoms with Crippen LogP contribution in [-0.4, -0.2) is 10.7 Å². The van der Waals surface area contributed by atoms with Gasteiger partial charge in [-0.1, -0.05) is 23.5 Å². The van der Waals surface area contributed by atoms with Gasteiger partial charge in [0.15, 0.2) is 0 Å². The molecule has 2 rings (SSSR count). The summed E-state index contributed by atoms with van der Waals surface area (Å²) in [6.45, 7) is 1.98. The number of aryl methyl sites for hydroxylation is 1. The van der Waals surface area contributed by atoms with Crippen LogP contribution in [0.2, 0.25) is 0 Å². The summed E-state index contributed by atoms with van der Waals surface area (Å²) in [6.07, 6.45) is 0. The Morgan fingerprint density at radius 1 is 1.41 bits per heavy atom. The lowest BCUT2D eigenvalue weighted by atomic mass is 10.2. The molecule has 0 aliphatic carbocycles. The molecule has 0 spiro atoms. The second kappa shape index (κ2) is 4.60. The van der Waals surface area contributed by atoms with Crippen LogP contribution in [-0.2, 0) is 0 Å². The van der Waals surface area contributed by atoms with Gasteiger partial charge in [-0.3, -0.25) is 5.43 Å². The number of nitrogens with zero attached hydrogens (tertiary/aromatic N) is 4. The molecule has 0 aliphatic rings. The Balaban J connectivity index is 2.34. The van der Waals surface area contributed by atoms with Crippen LogP contribution >= 0.6 is 11.3 Å². The van der Waals surface area contributed by atoms with Crippen molar-refractivity contribution < 1.29 is 0 Å². The number of para-hydroxylation sites is 1. The molecule has 0 radical (unpaired) electrons. The van der Waals surface area contributed by atoms with Crippen LogP contribution in [0.4, 0.5) is 5.13 Å². The molecule has 0 unspecified atom stereocenters. The third-order valence-electron chi connectivity index (χ3n) is 2.10. The molecule has 0 amide bonds. The Kier molecular flexibility index (Phi) is 2.99. The number of anilines is 1. The van der Waals surface area contributed by atoms with Gasteiger partial charge in [0.1, 0.15) is 12.1 Å². The van der Waals surface area contributed by atoms with Gasteiger partial charge in [0.25, 0.3) is 0 Å². The SMILES string of the molecule is Cc1cccc2sc(NN=C(C#N)C#N)nc12. The highest BCUT2D eigenvalue weighted by atomic mass is 32.1. The second-order valence-electron chi connectivity index (χ2n) is 3.24. The third kappa shape index (κ3) is 2.22. The van der Waals surface area contributed by atoms with Gasteiger partial charge in [-0.05, 0) is 18.6 Å². The monoisotopic (exact) mass is 241 g/mol. The fourth-order valence-corrected chi connectivity index (χ4v) is 2.20. The van der Waals surface area contributed by atoms with E-state index in [2.05, 4.69) is 15.5 Å². The van der Waals surface area contributed by atoms with Gasteiger partial charge >= 0.3 is 0 Å². The highest BCUT2D eigenvalue weighted by Gasteiger charge is 2.05. The van der Waals surface area contributed by atoms with Gasteiger partial charge in [0.2, 0.25) is 10.8 Å². The van der Waals surface area contributed by atoms with Gasteiger partial charge in [0.05, 0.1) is 10.2 Å². The van der Waals surface area contributed by atoms with E-state index >= 15 is 0 Å². The molecule has 1 aromatic carbocycles. The van der Waals surface area contributed by atoms with E-state index in [0.29, 0.717) is 5.13 Å². The van der Waals surface area contributed by atoms with Gasteiger partial charge in [0, 0.05) is 0 Å². The first-order chi connectivity index (χ1) is 8.24. The predicted molar refractivity (Wildman–Crippen MR) is 66.6 cm³/mol. The van der Waals surface area contributed by atoms with Crippen LogP contribution in [0.1, 0.15) is 5.56 Å². The molecule has 17 heavy (non-hydrogen) atoms.